The minimum Gasteiger partial charge on any atom is -0.495 e. The Labute approximate surface area is 184 Å². The number of hydrogen-bond acceptors (Lipinski definition) is 6. The van der Waals surface area contributed by atoms with Gasteiger partial charge in [0.05, 0.1) is 41.7 Å². The van der Waals surface area contributed by atoms with E-state index in [0.29, 0.717) is 38.5 Å². The second-order valence-corrected chi connectivity index (χ2v) is 6.53. The van der Waals surface area contributed by atoms with Crippen molar-refractivity contribution in [2.24, 2.45) is 0 Å². The number of anilines is 2. The van der Waals surface area contributed by atoms with Gasteiger partial charge in [0.1, 0.15) is 22.6 Å². The number of benzene rings is 2. The topological polar surface area (TPSA) is 118 Å². The molecule has 4 N–H and O–H groups in total. The maximum Gasteiger partial charge on any atom is 0.143 e. The molecular formula is C20H17Cl3N4O2. The lowest BCUT2D eigenvalue weighted by Crippen LogP contribution is -1.94. The second kappa shape index (κ2) is 11.7. The standard InChI is InChI=1S/C10H8Cl2N2O.C10H9ClN2O/c1-15-9-4-6(2-7(11)5-13)3-8(12)10(9)14;1-14-9-6-7(3-2-4-12)5-8(11)10(9)13/h2-4H,14H2,1H3;2-3,5-6H,13H2,1H3/b;3-2+. The summed E-state index contributed by atoms with van der Waals surface area (Å²) in [6, 6.07) is 10.3. The third-order valence-corrected chi connectivity index (χ3v) is 4.24. The highest BCUT2D eigenvalue weighted by molar-refractivity contribution is 6.35. The summed E-state index contributed by atoms with van der Waals surface area (Å²) in [5.41, 5.74) is 13.5. The van der Waals surface area contributed by atoms with Gasteiger partial charge in [0.2, 0.25) is 0 Å². The van der Waals surface area contributed by atoms with Crippen LogP contribution in [0.5, 0.6) is 11.5 Å². The molecule has 0 radical (unpaired) electrons. The van der Waals surface area contributed by atoms with E-state index in [2.05, 4.69) is 0 Å². The average molecular weight is 452 g/mol. The number of nitrogen functional groups attached to an aromatic ring is 2. The van der Waals surface area contributed by atoms with Crippen LogP contribution in [-0.4, -0.2) is 14.2 Å². The van der Waals surface area contributed by atoms with Crippen LogP contribution in [0.1, 0.15) is 11.1 Å². The van der Waals surface area contributed by atoms with Crippen molar-refractivity contribution in [3.05, 3.63) is 56.5 Å². The van der Waals surface area contributed by atoms with Crippen molar-refractivity contribution in [3.63, 3.8) is 0 Å². The van der Waals surface area contributed by atoms with Crippen LogP contribution < -0.4 is 20.9 Å². The lowest BCUT2D eigenvalue weighted by molar-refractivity contribution is 0.417. The predicted molar refractivity (Wildman–Crippen MR) is 119 cm³/mol. The van der Waals surface area contributed by atoms with Gasteiger partial charge in [0, 0.05) is 6.08 Å². The minimum absolute atomic E-state index is 0.0675. The quantitative estimate of drug-likeness (QED) is 0.468. The van der Waals surface area contributed by atoms with E-state index in [1.54, 1.807) is 36.4 Å². The Hall–Kier alpha value is -3.03. The Morgan fingerprint density at radius 3 is 1.86 bits per heavy atom. The monoisotopic (exact) mass is 450 g/mol. The maximum absolute atomic E-state index is 8.51. The summed E-state index contributed by atoms with van der Waals surface area (Å²) in [6.45, 7) is 0. The van der Waals surface area contributed by atoms with E-state index < -0.39 is 0 Å². The summed E-state index contributed by atoms with van der Waals surface area (Å²) in [4.78, 5) is 0. The van der Waals surface area contributed by atoms with Crippen LogP contribution in [0.4, 0.5) is 11.4 Å². The van der Waals surface area contributed by atoms with Crippen LogP contribution in [0, 0.1) is 22.7 Å². The third-order valence-electron chi connectivity index (χ3n) is 3.42. The fourth-order valence-electron chi connectivity index (χ4n) is 2.05. The SMILES string of the molecule is COc1cc(/C=C/C#N)cc(Cl)c1N.COc1cc(C=C(Cl)C#N)cc(Cl)c1N. The molecule has 2 aromatic carbocycles. The van der Waals surface area contributed by atoms with E-state index in [4.69, 9.17) is 66.3 Å². The van der Waals surface area contributed by atoms with Gasteiger partial charge in [-0.25, -0.2) is 0 Å². The summed E-state index contributed by atoms with van der Waals surface area (Å²) in [7, 11) is 3.00. The van der Waals surface area contributed by atoms with Crippen LogP contribution in [0.25, 0.3) is 12.2 Å². The van der Waals surface area contributed by atoms with Crippen molar-refractivity contribution < 1.29 is 9.47 Å². The zero-order valence-electron chi connectivity index (χ0n) is 15.5. The van der Waals surface area contributed by atoms with E-state index in [1.165, 1.54) is 26.4 Å². The molecule has 0 spiro atoms. The van der Waals surface area contributed by atoms with Gasteiger partial charge in [-0.2, -0.15) is 10.5 Å². The predicted octanol–water partition coefficient (Wildman–Crippen LogP) is 5.50. The molecule has 2 aromatic rings. The highest BCUT2D eigenvalue weighted by atomic mass is 35.5. The number of allylic oxidation sites excluding steroid dienone is 2. The molecule has 0 aliphatic heterocycles. The number of halogens is 3. The first kappa shape index (κ1) is 24.0. The summed E-state index contributed by atoms with van der Waals surface area (Å²) in [6.07, 6.45) is 4.48. The van der Waals surface area contributed by atoms with Gasteiger partial charge >= 0.3 is 0 Å². The molecule has 29 heavy (non-hydrogen) atoms. The summed E-state index contributed by atoms with van der Waals surface area (Å²) in [5, 5.41) is 17.7. The van der Waals surface area contributed by atoms with Gasteiger partial charge in [0.15, 0.2) is 0 Å². The van der Waals surface area contributed by atoms with Crippen LogP contribution in [0.15, 0.2) is 35.4 Å². The largest absolute Gasteiger partial charge is 0.495 e. The number of nitrogens with zero attached hydrogens (tertiary/aromatic N) is 2. The van der Waals surface area contributed by atoms with E-state index in [9.17, 15) is 0 Å². The van der Waals surface area contributed by atoms with Gasteiger partial charge in [0.25, 0.3) is 0 Å². The first-order valence-corrected chi connectivity index (χ1v) is 9.00. The Morgan fingerprint density at radius 1 is 0.931 bits per heavy atom. The van der Waals surface area contributed by atoms with Crippen molar-refractivity contribution in [1.82, 2.24) is 0 Å². The molecule has 0 heterocycles. The fourth-order valence-corrected chi connectivity index (χ4v) is 2.62. The smallest absolute Gasteiger partial charge is 0.143 e. The van der Waals surface area contributed by atoms with Crippen LogP contribution >= 0.6 is 34.8 Å². The normalized spacial score (nSPS) is 10.5. The summed E-state index contributed by atoms with van der Waals surface area (Å²) >= 11 is 17.3. The molecule has 0 aliphatic carbocycles. The second-order valence-electron chi connectivity index (χ2n) is 5.30. The van der Waals surface area contributed by atoms with E-state index in [-0.39, 0.29) is 5.03 Å². The van der Waals surface area contributed by atoms with Gasteiger partial charge < -0.3 is 20.9 Å². The van der Waals surface area contributed by atoms with Crippen molar-refractivity contribution in [1.29, 1.82) is 10.5 Å². The highest BCUT2D eigenvalue weighted by Gasteiger charge is 2.06. The van der Waals surface area contributed by atoms with E-state index in [0.717, 1.165) is 5.56 Å². The van der Waals surface area contributed by atoms with Crippen molar-refractivity contribution >= 4 is 58.3 Å². The van der Waals surface area contributed by atoms with Crippen LogP contribution in [0.2, 0.25) is 10.0 Å². The lowest BCUT2D eigenvalue weighted by atomic mass is 10.2. The number of methoxy groups -OCH3 is 2. The molecule has 150 valence electrons. The Kier molecular flexibility index (Phi) is 9.71. The fraction of sp³-hybridized carbons (Fsp3) is 0.100. The van der Waals surface area contributed by atoms with Crippen molar-refractivity contribution in [3.8, 4) is 23.6 Å². The minimum atomic E-state index is 0.0675. The molecule has 2 rings (SSSR count). The maximum atomic E-state index is 8.51. The molecule has 0 fully saturated rings. The first-order chi connectivity index (χ1) is 13.8. The van der Waals surface area contributed by atoms with E-state index >= 15 is 0 Å². The van der Waals surface area contributed by atoms with Gasteiger partial charge in [-0.05, 0) is 47.5 Å². The molecule has 0 amide bonds. The number of rotatable bonds is 4. The molecule has 0 atom stereocenters. The molecule has 0 saturated heterocycles. The number of hydrogen-bond donors (Lipinski definition) is 2. The summed E-state index contributed by atoms with van der Waals surface area (Å²) < 4.78 is 10.0. The Morgan fingerprint density at radius 2 is 1.41 bits per heavy atom. The van der Waals surface area contributed by atoms with Gasteiger partial charge in [-0.3, -0.25) is 0 Å². The van der Waals surface area contributed by atoms with Gasteiger partial charge in [-0.1, -0.05) is 34.8 Å². The number of nitriles is 2. The molecule has 6 nitrogen and oxygen atoms in total. The summed E-state index contributed by atoms with van der Waals surface area (Å²) in [5.74, 6) is 0.964. The third kappa shape index (κ3) is 7.14. The molecule has 0 unspecified atom stereocenters. The first-order valence-electron chi connectivity index (χ1n) is 7.86. The molecule has 0 aromatic heterocycles. The van der Waals surface area contributed by atoms with Gasteiger partial charge in [-0.15, -0.1) is 0 Å². The molecule has 9 heteroatoms. The number of ether oxygens (including phenoxy) is 2. The van der Waals surface area contributed by atoms with E-state index in [1.807, 2.05) is 6.07 Å². The van der Waals surface area contributed by atoms with Crippen molar-refractivity contribution in [2.75, 3.05) is 25.7 Å². The zero-order valence-corrected chi connectivity index (χ0v) is 17.8. The zero-order chi connectivity index (χ0) is 22.0. The van der Waals surface area contributed by atoms with Crippen LogP contribution in [-0.2, 0) is 0 Å². The highest BCUT2D eigenvalue weighted by Crippen LogP contribution is 2.32. The molecule has 0 aliphatic rings. The Bertz CT molecular complexity index is 1020. The lowest BCUT2D eigenvalue weighted by Gasteiger charge is -2.07. The van der Waals surface area contributed by atoms with Crippen molar-refractivity contribution in [2.45, 2.75) is 0 Å². The Balaban J connectivity index is 0.000000291. The van der Waals surface area contributed by atoms with Crippen LogP contribution in [0.3, 0.4) is 0 Å². The molecule has 0 saturated carbocycles. The molecular weight excluding hydrogens is 435 g/mol. The number of nitrogens with two attached hydrogens (primary N) is 2. The average Bonchev–Trinajstić information content (AvgIpc) is 2.71. The molecule has 0 bridgehead atoms.